The Morgan fingerprint density at radius 1 is 1.22 bits per heavy atom. The summed E-state index contributed by atoms with van der Waals surface area (Å²) in [5.74, 6) is -7.71. The third-order valence-electron chi connectivity index (χ3n) is 3.85. The topological polar surface area (TPSA) is 242 Å². The number of rotatable bonds is 10. The van der Waals surface area contributed by atoms with Crippen molar-refractivity contribution in [1.82, 2.24) is 10.6 Å². The maximum Gasteiger partial charge on any atom is 0.330 e. The Morgan fingerprint density at radius 3 is 2.22 bits per heavy atom. The van der Waals surface area contributed by atoms with Crippen molar-refractivity contribution in [2.75, 3.05) is 13.2 Å². The zero-order valence-corrected chi connectivity index (χ0v) is 14.0. The highest BCUT2D eigenvalue weighted by Gasteiger charge is 2.47. The Hall–Kier alpha value is -3.03. The van der Waals surface area contributed by atoms with Gasteiger partial charge in [0.2, 0.25) is 5.91 Å². The molecule has 0 fully saturated rings. The van der Waals surface area contributed by atoms with Crippen LogP contribution in [0, 0.1) is 0 Å². The highest BCUT2D eigenvalue weighted by Crippen LogP contribution is 2.24. The van der Waals surface area contributed by atoms with Crippen LogP contribution in [0.15, 0.2) is 11.3 Å². The Morgan fingerprint density at radius 2 is 1.81 bits per heavy atom. The van der Waals surface area contributed by atoms with E-state index < -0.39 is 77.9 Å². The average molecular weight is 388 g/mol. The van der Waals surface area contributed by atoms with Crippen LogP contribution in [0.1, 0.15) is 12.8 Å². The van der Waals surface area contributed by atoms with E-state index in [0.717, 1.165) is 0 Å². The molecule has 13 nitrogen and oxygen atoms in total. The smallest absolute Gasteiger partial charge is 0.330 e. The number of aliphatic carboxylic acids is 2. The number of aliphatic hydroxyl groups excluding tert-OH is 2. The van der Waals surface area contributed by atoms with Crippen LogP contribution in [0.2, 0.25) is 0 Å². The highest BCUT2D eigenvalue weighted by molar-refractivity contribution is 6.22. The number of amides is 2. The number of carboxylic acids is 2. The van der Waals surface area contributed by atoms with Gasteiger partial charge < -0.3 is 42.5 Å². The first kappa shape index (κ1) is 22.0. The van der Waals surface area contributed by atoms with E-state index >= 15 is 0 Å². The molecule has 0 aromatic heterocycles. The quantitative estimate of drug-likeness (QED) is 0.167. The Labute approximate surface area is 152 Å². The van der Waals surface area contributed by atoms with Gasteiger partial charge in [-0.05, 0) is 0 Å². The van der Waals surface area contributed by atoms with Gasteiger partial charge in [0.05, 0.1) is 19.1 Å². The van der Waals surface area contributed by atoms with Gasteiger partial charge in [-0.1, -0.05) is 0 Å². The van der Waals surface area contributed by atoms with E-state index in [-0.39, 0.29) is 6.54 Å². The molecular weight excluding hydrogens is 368 g/mol. The third kappa shape index (κ3) is 4.78. The first-order chi connectivity index (χ1) is 12.5. The molecule has 1 rings (SSSR count). The second-order valence-electron chi connectivity index (χ2n) is 5.86. The number of ketones is 1. The molecule has 1 aliphatic heterocycles. The maximum atomic E-state index is 12.4. The van der Waals surface area contributed by atoms with Gasteiger partial charge in [-0.2, -0.15) is 0 Å². The van der Waals surface area contributed by atoms with E-state index in [1.165, 1.54) is 0 Å². The van der Waals surface area contributed by atoms with E-state index in [1.54, 1.807) is 0 Å². The summed E-state index contributed by atoms with van der Waals surface area (Å²) in [5, 5.41) is 41.3. The lowest BCUT2D eigenvalue weighted by Gasteiger charge is -2.29. The van der Waals surface area contributed by atoms with Gasteiger partial charge in [0.15, 0.2) is 11.3 Å². The number of nitrogens with one attached hydrogen (secondary N) is 2. The molecular formula is C14H20N4O9. The van der Waals surface area contributed by atoms with Crippen molar-refractivity contribution in [3.05, 3.63) is 11.3 Å². The van der Waals surface area contributed by atoms with E-state index in [2.05, 4.69) is 5.32 Å². The number of carboxylic acid groups (broad SMARTS) is 2. The standard InChI is InChI=1S/C14H20N4O9/c15-3-6-10(23)9(12(25)17-6)7(20)1-14(13(26)27,2-8(21)22)18-11(24)5(16)4-19/h5-6,19,23H,1-4,15-16H2,(H,17,25)(H,18,24)(H,21,22)(H,26,27)/t5-,6-,14?/m0/s1. The summed E-state index contributed by atoms with van der Waals surface area (Å²) in [6.45, 7) is -1.11. The normalized spacial score (nSPS) is 19.8. The predicted octanol–water partition coefficient (Wildman–Crippen LogP) is -4.05. The molecule has 27 heavy (non-hydrogen) atoms. The fraction of sp³-hybridized carbons (Fsp3) is 0.500. The Bertz CT molecular complexity index is 705. The van der Waals surface area contributed by atoms with Gasteiger partial charge in [-0.3, -0.25) is 19.2 Å². The number of aliphatic hydroxyl groups is 2. The second kappa shape index (κ2) is 8.57. The lowest BCUT2D eigenvalue weighted by Crippen LogP contribution is -2.60. The molecule has 0 spiro atoms. The minimum atomic E-state index is -2.67. The molecule has 3 atom stereocenters. The van der Waals surface area contributed by atoms with Crippen molar-refractivity contribution in [3.63, 3.8) is 0 Å². The number of carbonyl (C=O) groups is 5. The first-order valence-corrected chi connectivity index (χ1v) is 7.60. The van der Waals surface area contributed by atoms with E-state index in [0.29, 0.717) is 0 Å². The van der Waals surface area contributed by atoms with Gasteiger partial charge in [0.25, 0.3) is 5.91 Å². The Balaban J connectivity index is 3.27. The predicted molar refractivity (Wildman–Crippen MR) is 86.1 cm³/mol. The van der Waals surface area contributed by atoms with Crippen LogP contribution < -0.4 is 22.1 Å². The van der Waals surface area contributed by atoms with Crippen LogP contribution in [0.25, 0.3) is 0 Å². The lowest BCUT2D eigenvalue weighted by atomic mass is 9.86. The summed E-state index contributed by atoms with van der Waals surface area (Å²) < 4.78 is 0. The van der Waals surface area contributed by atoms with Crippen molar-refractivity contribution < 1.29 is 44.4 Å². The first-order valence-electron chi connectivity index (χ1n) is 7.60. The van der Waals surface area contributed by atoms with Crippen LogP contribution >= 0.6 is 0 Å². The van der Waals surface area contributed by atoms with Gasteiger partial charge in [0, 0.05) is 13.0 Å². The number of hydrogen-bond acceptors (Lipinski definition) is 9. The van der Waals surface area contributed by atoms with Crippen LogP contribution in [-0.4, -0.2) is 80.7 Å². The largest absolute Gasteiger partial charge is 0.509 e. The van der Waals surface area contributed by atoms with Crippen LogP contribution in [0.3, 0.4) is 0 Å². The zero-order valence-electron chi connectivity index (χ0n) is 14.0. The number of Topliss-reactive ketones (excluding diaryl/α,β-unsaturated/α-hetero) is 1. The zero-order chi connectivity index (χ0) is 20.9. The molecule has 13 heteroatoms. The van der Waals surface area contributed by atoms with Crippen molar-refractivity contribution in [2.24, 2.45) is 11.5 Å². The fourth-order valence-corrected chi connectivity index (χ4v) is 2.42. The maximum absolute atomic E-state index is 12.4. The molecule has 0 radical (unpaired) electrons. The molecule has 0 aliphatic carbocycles. The molecule has 0 saturated heterocycles. The molecule has 1 heterocycles. The van der Waals surface area contributed by atoms with Crippen LogP contribution in [0.5, 0.6) is 0 Å². The Kier molecular flexibility index (Phi) is 6.99. The SMILES string of the molecule is NC[C@@H]1NC(=O)C(C(=O)CC(CC(=O)O)(NC(=O)[C@@H](N)CO)C(=O)O)=C1O. The van der Waals surface area contributed by atoms with Crippen LogP contribution in [0.4, 0.5) is 0 Å². The second-order valence-corrected chi connectivity index (χ2v) is 5.86. The van der Waals surface area contributed by atoms with Gasteiger partial charge in [-0.15, -0.1) is 0 Å². The molecule has 0 bridgehead atoms. The minimum absolute atomic E-state index is 0.240. The number of nitrogens with two attached hydrogens (primary N) is 2. The molecule has 10 N–H and O–H groups in total. The molecule has 0 aromatic rings. The van der Waals surface area contributed by atoms with Gasteiger partial charge in [-0.25, -0.2) is 4.79 Å². The molecule has 1 aliphatic rings. The van der Waals surface area contributed by atoms with E-state index in [9.17, 15) is 34.2 Å². The molecule has 0 aromatic carbocycles. The fourth-order valence-electron chi connectivity index (χ4n) is 2.42. The highest BCUT2D eigenvalue weighted by atomic mass is 16.4. The van der Waals surface area contributed by atoms with E-state index in [1.807, 2.05) is 5.32 Å². The summed E-state index contributed by atoms with van der Waals surface area (Å²) in [6, 6.07) is -2.62. The van der Waals surface area contributed by atoms with Crippen molar-refractivity contribution >= 4 is 29.5 Å². The van der Waals surface area contributed by atoms with Crippen molar-refractivity contribution in [2.45, 2.75) is 30.5 Å². The molecule has 150 valence electrons. The molecule has 2 amide bonds. The minimum Gasteiger partial charge on any atom is -0.509 e. The summed E-state index contributed by atoms with van der Waals surface area (Å²) in [6.07, 6.45) is -2.39. The monoisotopic (exact) mass is 388 g/mol. The average Bonchev–Trinajstić information content (AvgIpc) is 2.86. The molecule has 1 unspecified atom stereocenters. The number of hydrogen-bond donors (Lipinski definition) is 8. The lowest BCUT2D eigenvalue weighted by molar-refractivity contribution is -0.154. The van der Waals surface area contributed by atoms with Gasteiger partial charge >= 0.3 is 11.9 Å². The summed E-state index contributed by atoms with van der Waals surface area (Å²) in [5.41, 5.74) is 7.15. The molecule has 0 saturated carbocycles. The summed E-state index contributed by atoms with van der Waals surface area (Å²) in [4.78, 5) is 59.0. The number of carbonyl (C=O) groups excluding carboxylic acids is 3. The van der Waals surface area contributed by atoms with E-state index in [4.69, 9.17) is 21.7 Å². The van der Waals surface area contributed by atoms with Crippen LogP contribution in [-0.2, 0) is 24.0 Å². The van der Waals surface area contributed by atoms with Gasteiger partial charge in [0.1, 0.15) is 17.4 Å². The van der Waals surface area contributed by atoms with Crippen molar-refractivity contribution in [1.29, 1.82) is 0 Å². The summed E-state index contributed by atoms with van der Waals surface area (Å²) >= 11 is 0. The third-order valence-corrected chi connectivity index (χ3v) is 3.85. The summed E-state index contributed by atoms with van der Waals surface area (Å²) in [7, 11) is 0. The van der Waals surface area contributed by atoms with Crippen molar-refractivity contribution in [3.8, 4) is 0 Å².